The Labute approximate surface area is 272 Å². The highest BCUT2D eigenvalue weighted by Gasteiger charge is 2.48. The Morgan fingerprint density at radius 2 is 1.87 bits per heavy atom. The number of aryl methyl sites for hydroxylation is 2. The second-order valence-electron chi connectivity index (χ2n) is 12.4. The van der Waals surface area contributed by atoms with E-state index in [1.165, 1.54) is 18.5 Å². The molecule has 7 rings (SSSR count). The highest BCUT2D eigenvalue weighted by atomic mass is 35.5. The van der Waals surface area contributed by atoms with Crippen molar-refractivity contribution in [2.75, 3.05) is 23.3 Å². The number of hydrogen-bond acceptors (Lipinski definition) is 9. The van der Waals surface area contributed by atoms with Gasteiger partial charge in [-0.25, -0.2) is 28.7 Å². The largest absolute Gasteiger partial charge is 0.504 e. The fraction of sp³-hybridized carbons (Fsp3) is 0.406. The minimum absolute atomic E-state index is 0.0165. The molecule has 1 aliphatic carbocycles. The number of halogens is 3. The maximum absolute atomic E-state index is 14.3. The topological polar surface area (TPSA) is 146 Å². The molecule has 0 unspecified atom stereocenters. The minimum Gasteiger partial charge on any atom is -0.504 e. The number of nitrogens with one attached hydrogen (secondary N) is 1. The lowest BCUT2D eigenvalue weighted by molar-refractivity contribution is -0.119. The maximum atomic E-state index is 14.3. The van der Waals surface area contributed by atoms with Crippen LogP contribution >= 0.6 is 11.6 Å². The Hall–Kier alpha value is -4.72. The van der Waals surface area contributed by atoms with Crippen molar-refractivity contribution in [2.24, 2.45) is 0 Å². The number of carbonyl (C=O) groups excluding carboxylic acids is 2. The monoisotopic (exact) mass is 664 g/mol. The van der Waals surface area contributed by atoms with Crippen molar-refractivity contribution in [1.82, 2.24) is 29.4 Å². The molecule has 244 valence electrons. The summed E-state index contributed by atoms with van der Waals surface area (Å²) in [7, 11) is 0. The summed E-state index contributed by atoms with van der Waals surface area (Å²) in [5.41, 5.74) is 1.91. The average Bonchev–Trinajstić information content (AvgIpc) is 3.36. The number of aromatic nitrogens is 5. The molecule has 4 atom stereocenters. The van der Waals surface area contributed by atoms with Crippen molar-refractivity contribution in [2.45, 2.75) is 70.5 Å². The summed E-state index contributed by atoms with van der Waals surface area (Å²) in [6.45, 7) is 5.89. The lowest BCUT2D eigenvalue weighted by Gasteiger charge is -2.54. The Balaban J connectivity index is 1.27. The third kappa shape index (κ3) is 4.96. The summed E-state index contributed by atoms with van der Waals surface area (Å²) < 4.78 is 28.2. The van der Waals surface area contributed by atoms with E-state index in [-0.39, 0.29) is 68.9 Å². The first-order valence-electron chi connectivity index (χ1n) is 15.3. The van der Waals surface area contributed by atoms with Crippen LogP contribution in [0, 0.1) is 13.8 Å². The molecular weight excluding hydrogens is 634 g/mol. The maximum Gasteiger partial charge on any atom is 0.276 e. The number of amides is 2. The first-order valence-corrected chi connectivity index (χ1v) is 15.7. The summed E-state index contributed by atoms with van der Waals surface area (Å²) in [5, 5.41) is 13.3. The molecule has 1 saturated heterocycles. The van der Waals surface area contributed by atoms with E-state index < -0.39 is 24.3 Å². The van der Waals surface area contributed by atoms with E-state index in [1.807, 2.05) is 11.8 Å². The van der Waals surface area contributed by atoms with E-state index in [0.29, 0.717) is 42.2 Å². The van der Waals surface area contributed by atoms with E-state index in [4.69, 9.17) is 11.6 Å². The van der Waals surface area contributed by atoms with Crippen LogP contribution in [0.4, 0.5) is 20.2 Å². The first kappa shape index (κ1) is 30.9. The molecule has 1 aromatic carbocycles. The van der Waals surface area contributed by atoms with E-state index >= 15 is 0 Å². The van der Waals surface area contributed by atoms with Gasteiger partial charge in [-0.3, -0.25) is 14.4 Å². The molecule has 2 fully saturated rings. The van der Waals surface area contributed by atoms with E-state index in [1.54, 1.807) is 29.5 Å². The molecule has 0 bridgehead atoms. The summed E-state index contributed by atoms with van der Waals surface area (Å²) in [5.74, 6) is -1.32. The van der Waals surface area contributed by atoms with Crippen molar-refractivity contribution in [3.8, 4) is 5.75 Å². The number of fused-ring (bicyclic) bond motifs is 4. The number of carbonyl (C=O) groups is 2. The fourth-order valence-electron chi connectivity index (χ4n) is 7.11. The van der Waals surface area contributed by atoms with Gasteiger partial charge in [0.25, 0.3) is 12.3 Å². The van der Waals surface area contributed by atoms with Gasteiger partial charge >= 0.3 is 0 Å². The van der Waals surface area contributed by atoms with Crippen LogP contribution < -0.4 is 15.6 Å². The molecule has 2 aliphatic heterocycles. The number of anilines is 2. The van der Waals surface area contributed by atoms with Crippen LogP contribution in [-0.4, -0.2) is 71.5 Å². The summed E-state index contributed by atoms with van der Waals surface area (Å²) in [4.78, 5) is 62.6. The Morgan fingerprint density at radius 3 is 2.57 bits per heavy atom. The molecule has 47 heavy (non-hydrogen) atoms. The normalized spacial score (nSPS) is 21.9. The SMILES string of the molecule is Cc1cnc2c(n1)c(=O)c(N1CCN(C(=O)c3ncnc(C)c3O)[C@H]3CC[C@@H]31)c1n2[C@@H](C(=O)Nc2ccc(C(F)F)cc2Cl)C[C@H]1C. The van der Waals surface area contributed by atoms with Crippen LogP contribution in [0.25, 0.3) is 11.2 Å². The number of rotatable bonds is 5. The molecule has 3 aliphatic rings. The molecule has 0 spiro atoms. The Kier molecular flexibility index (Phi) is 7.57. The smallest absolute Gasteiger partial charge is 0.276 e. The summed E-state index contributed by atoms with van der Waals surface area (Å²) in [6.07, 6.45) is 1.87. The van der Waals surface area contributed by atoms with Crippen LogP contribution in [0.2, 0.25) is 5.02 Å². The van der Waals surface area contributed by atoms with E-state index in [0.717, 1.165) is 12.5 Å². The number of nitrogens with zero attached hydrogens (tertiary/aromatic N) is 7. The van der Waals surface area contributed by atoms with Crippen LogP contribution in [0.3, 0.4) is 0 Å². The Morgan fingerprint density at radius 1 is 1.11 bits per heavy atom. The highest BCUT2D eigenvalue weighted by Crippen LogP contribution is 2.45. The molecule has 0 radical (unpaired) electrons. The third-order valence-electron chi connectivity index (χ3n) is 9.54. The lowest BCUT2D eigenvalue weighted by Crippen LogP contribution is -2.67. The molecule has 12 nitrogen and oxygen atoms in total. The van der Waals surface area contributed by atoms with Crippen LogP contribution in [0.1, 0.15) is 77.7 Å². The van der Waals surface area contributed by atoms with Gasteiger partial charge in [-0.05, 0) is 45.2 Å². The molecular formula is C32H31ClF2N8O4. The molecule has 5 heterocycles. The summed E-state index contributed by atoms with van der Waals surface area (Å²) in [6, 6.07) is 2.48. The lowest BCUT2D eigenvalue weighted by atomic mass is 9.81. The van der Waals surface area contributed by atoms with E-state index in [2.05, 4.69) is 25.3 Å². The van der Waals surface area contributed by atoms with Gasteiger partial charge in [0.15, 0.2) is 22.6 Å². The molecule has 3 aromatic heterocycles. The number of hydrogen-bond donors (Lipinski definition) is 2. The predicted molar refractivity (Wildman–Crippen MR) is 169 cm³/mol. The zero-order valence-electron chi connectivity index (χ0n) is 25.7. The zero-order valence-corrected chi connectivity index (χ0v) is 26.5. The third-order valence-corrected chi connectivity index (χ3v) is 9.85. The minimum atomic E-state index is -2.71. The van der Waals surface area contributed by atoms with Crippen LogP contribution in [0.15, 0.2) is 35.5 Å². The van der Waals surface area contributed by atoms with Gasteiger partial charge in [0.1, 0.15) is 18.1 Å². The van der Waals surface area contributed by atoms with Gasteiger partial charge < -0.3 is 24.8 Å². The quantitative estimate of drug-likeness (QED) is 0.311. The number of pyridine rings is 1. The van der Waals surface area contributed by atoms with E-state index in [9.17, 15) is 28.3 Å². The number of alkyl halides is 2. The summed E-state index contributed by atoms with van der Waals surface area (Å²) >= 11 is 6.26. The second-order valence-corrected chi connectivity index (χ2v) is 12.8. The second kappa shape index (κ2) is 11.5. The van der Waals surface area contributed by atoms with Crippen molar-refractivity contribution in [1.29, 1.82) is 0 Å². The number of piperazine rings is 1. The van der Waals surface area contributed by atoms with Gasteiger partial charge in [0.2, 0.25) is 11.3 Å². The first-order chi connectivity index (χ1) is 22.5. The molecule has 4 aromatic rings. The fourth-order valence-corrected chi connectivity index (χ4v) is 7.35. The van der Waals surface area contributed by atoms with Crippen molar-refractivity contribution < 1.29 is 23.5 Å². The van der Waals surface area contributed by atoms with Gasteiger partial charge in [-0.15, -0.1) is 0 Å². The predicted octanol–water partition coefficient (Wildman–Crippen LogP) is 4.68. The molecule has 1 saturated carbocycles. The Bertz CT molecular complexity index is 2020. The van der Waals surface area contributed by atoms with Crippen LogP contribution in [-0.2, 0) is 4.79 Å². The van der Waals surface area contributed by atoms with Crippen molar-refractivity contribution in [3.63, 3.8) is 0 Å². The number of aromatic hydroxyl groups is 1. The number of benzene rings is 1. The van der Waals surface area contributed by atoms with Crippen LogP contribution in [0.5, 0.6) is 5.75 Å². The standard InChI is InChI=1S/C32H31ClF2N8O4/c1-14-10-22(31(46)40-19-5-4-17(29(34)35)11-18(19)33)43-25(14)26(28(45)23-30(43)36-12-15(2)39-23)41-8-9-42(21-7-6-20(21)41)32(47)24-27(44)16(3)37-13-38-24/h4-5,11-14,20-22,29,44H,6-10H2,1-3H3,(H,40,46)/t14-,20+,21+,22-/m1/s1. The molecule has 15 heteroatoms. The van der Waals surface area contributed by atoms with Gasteiger partial charge in [-0.2, -0.15) is 0 Å². The van der Waals surface area contributed by atoms with Crippen molar-refractivity contribution in [3.05, 3.63) is 74.3 Å². The zero-order chi connectivity index (χ0) is 33.3. The van der Waals surface area contributed by atoms with Gasteiger partial charge in [0.05, 0.1) is 40.0 Å². The molecule has 2 N–H and O–H groups in total. The van der Waals surface area contributed by atoms with Gasteiger partial charge in [0, 0.05) is 30.6 Å². The molecule has 2 amide bonds. The van der Waals surface area contributed by atoms with Gasteiger partial charge in [-0.1, -0.05) is 24.6 Å². The average molecular weight is 665 g/mol. The van der Waals surface area contributed by atoms with Crippen molar-refractivity contribution >= 4 is 46.0 Å². The highest BCUT2D eigenvalue weighted by molar-refractivity contribution is 6.33.